The lowest BCUT2D eigenvalue weighted by Crippen LogP contribution is -2.49. The van der Waals surface area contributed by atoms with Crippen LogP contribution in [0.1, 0.15) is 17.4 Å². The zero-order valence-corrected chi connectivity index (χ0v) is 18.4. The second-order valence-corrected chi connectivity index (χ2v) is 8.27. The summed E-state index contributed by atoms with van der Waals surface area (Å²) in [6, 6.07) is 11.5. The van der Waals surface area contributed by atoms with Gasteiger partial charge in [0.15, 0.2) is 17.3 Å². The maximum atomic E-state index is 15.1. The van der Waals surface area contributed by atoms with Gasteiger partial charge < -0.3 is 29.6 Å². The summed E-state index contributed by atoms with van der Waals surface area (Å²) in [7, 11) is 1.30. The molecule has 0 unspecified atom stereocenters. The zero-order valence-electron chi connectivity index (χ0n) is 18.4. The Balaban J connectivity index is 1.65. The first-order chi connectivity index (χ1) is 16.3. The van der Waals surface area contributed by atoms with Crippen LogP contribution in [0.3, 0.4) is 0 Å². The van der Waals surface area contributed by atoms with Crippen LogP contribution in [0.15, 0.2) is 48.7 Å². The quantitative estimate of drug-likeness (QED) is 0.386. The molecule has 9 nitrogen and oxygen atoms in total. The Hall–Kier alpha value is -4.18. The number of aromatic hydroxyl groups is 2. The number of methoxy groups -OCH3 is 1. The number of halogens is 1. The number of amides is 1. The van der Waals surface area contributed by atoms with E-state index in [-0.39, 0.29) is 28.7 Å². The molecule has 4 aromatic rings. The molecule has 0 saturated carbocycles. The second kappa shape index (κ2) is 7.99. The molecule has 1 amide bonds. The minimum atomic E-state index is -1.03. The van der Waals surface area contributed by atoms with Crippen LogP contribution in [0.5, 0.6) is 17.2 Å². The van der Waals surface area contributed by atoms with E-state index < -0.39 is 22.9 Å². The van der Waals surface area contributed by atoms with Crippen LogP contribution in [-0.4, -0.2) is 51.0 Å². The molecule has 0 spiro atoms. The van der Waals surface area contributed by atoms with E-state index in [1.54, 1.807) is 36.4 Å². The zero-order chi connectivity index (χ0) is 24.0. The monoisotopic (exact) mass is 464 g/mol. The third kappa shape index (κ3) is 3.39. The molecule has 5 rings (SSSR count). The molecular weight excluding hydrogens is 443 g/mol. The van der Waals surface area contributed by atoms with Gasteiger partial charge in [0.1, 0.15) is 11.5 Å². The molecule has 0 atom stereocenters. The standard InChI is InChI=1S/C24H21FN4O5/c1-24(11-34-12-24)29-17-7-6-13(27-23(32)15-5-3-4-8-26-15)9-16(17)28-22(29)14-10-18(33-2)20(30)21(31)19(14)25/h3-10,30-31H,11-12H2,1-2H3,(H,27,32). The summed E-state index contributed by atoms with van der Waals surface area (Å²) in [4.78, 5) is 21.2. The highest BCUT2D eigenvalue weighted by Gasteiger charge is 2.39. The van der Waals surface area contributed by atoms with Crippen molar-refractivity contribution in [3.8, 4) is 28.6 Å². The number of rotatable bonds is 5. The first-order valence-corrected chi connectivity index (χ1v) is 10.4. The normalized spacial score (nSPS) is 14.6. The van der Waals surface area contributed by atoms with Crippen molar-refractivity contribution in [3.05, 3.63) is 60.2 Å². The highest BCUT2D eigenvalue weighted by atomic mass is 19.1. The number of phenols is 2. The number of nitrogens with one attached hydrogen (secondary N) is 1. The van der Waals surface area contributed by atoms with Gasteiger partial charge in [0.05, 0.1) is 42.5 Å². The predicted octanol–water partition coefficient (Wildman–Crippen LogP) is 3.65. The number of nitrogens with zero attached hydrogens (tertiary/aromatic N) is 3. The average Bonchev–Trinajstić information content (AvgIpc) is 3.20. The number of ether oxygens (including phenoxy) is 2. The first-order valence-electron chi connectivity index (χ1n) is 10.4. The summed E-state index contributed by atoms with van der Waals surface area (Å²) < 4.78 is 27.5. The molecule has 10 heteroatoms. The Morgan fingerprint density at radius 3 is 2.65 bits per heavy atom. The number of pyridine rings is 1. The van der Waals surface area contributed by atoms with Crippen molar-refractivity contribution >= 4 is 22.6 Å². The molecule has 2 aromatic carbocycles. The van der Waals surface area contributed by atoms with Crippen molar-refractivity contribution in [2.24, 2.45) is 0 Å². The molecule has 174 valence electrons. The van der Waals surface area contributed by atoms with Crippen molar-refractivity contribution in [2.45, 2.75) is 12.5 Å². The maximum Gasteiger partial charge on any atom is 0.274 e. The summed E-state index contributed by atoms with van der Waals surface area (Å²) in [6.07, 6.45) is 1.53. The van der Waals surface area contributed by atoms with Gasteiger partial charge in [0.25, 0.3) is 5.91 Å². The number of benzene rings is 2. The lowest BCUT2D eigenvalue weighted by molar-refractivity contribution is -0.0868. The molecule has 0 aliphatic carbocycles. The second-order valence-electron chi connectivity index (χ2n) is 8.27. The highest BCUT2D eigenvalue weighted by molar-refractivity contribution is 6.03. The molecule has 1 aliphatic rings. The van der Waals surface area contributed by atoms with Crippen molar-refractivity contribution in [2.75, 3.05) is 25.6 Å². The van der Waals surface area contributed by atoms with E-state index in [0.717, 1.165) is 0 Å². The summed E-state index contributed by atoms with van der Waals surface area (Å²) in [6.45, 7) is 2.71. The Bertz CT molecular complexity index is 1420. The Kier molecular flexibility index (Phi) is 5.09. The maximum absolute atomic E-state index is 15.1. The highest BCUT2D eigenvalue weighted by Crippen LogP contribution is 2.44. The van der Waals surface area contributed by atoms with Gasteiger partial charge in [-0.25, -0.2) is 9.37 Å². The molecule has 3 heterocycles. The van der Waals surface area contributed by atoms with Crippen molar-refractivity contribution in [1.29, 1.82) is 0 Å². The van der Waals surface area contributed by atoms with Gasteiger partial charge in [-0.15, -0.1) is 0 Å². The predicted molar refractivity (Wildman–Crippen MR) is 122 cm³/mol. The van der Waals surface area contributed by atoms with Crippen molar-refractivity contribution in [3.63, 3.8) is 0 Å². The molecule has 1 aliphatic heterocycles. The van der Waals surface area contributed by atoms with Gasteiger partial charge in [-0.1, -0.05) is 6.07 Å². The average molecular weight is 464 g/mol. The number of carbonyl (C=O) groups is 1. The lowest BCUT2D eigenvalue weighted by Gasteiger charge is -2.40. The van der Waals surface area contributed by atoms with Gasteiger partial charge in [0.2, 0.25) is 5.75 Å². The van der Waals surface area contributed by atoms with Gasteiger partial charge >= 0.3 is 0 Å². The molecule has 1 saturated heterocycles. The van der Waals surface area contributed by atoms with E-state index in [0.29, 0.717) is 29.9 Å². The van der Waals surface area contributed by atoms with Crippen molar-refractivity contribution in [1.82, 2.24) is 14.5 Å². The van der Waals surface area contributed by atoms with Gasteiger partial charge in [-0.3, -0.25) is 9.78 Å². The molecule has 0 radical (unpaired) electrons. The third-order valence-electron chi connectivity index (χ3n) is 5.81. The van der Waals surface area contributed by atoms with Gasteiger partial charge in [-0.05, 0) is 43.3 Å². The van der Waals surface area contributed by atoms with E-state index in [9.17, 15) is 15.0 Å². The van der Waals surface area contributed by atoms with E-state index in [4.69, 9.17) is 9.47 Å². The van der Waals surface area contributed by atoms with Gasteiger partial charge in [0, 0.05) is 11.9 Å². The minimum Gasteiger partial charge on any atom is -0.502 e. The minimum absolute atomic E-state index is 0.0458. The summed E-state index contributed by atoms with van der Waals surface area (Å²) in [5.74, 6) is -2.89. The van der Waals surface area contributed by atoms with Crippen LogP contribution in [0.2, 0.25) is 0 Å². The van der Waals surface area contributed by atoms with Gasteiger partial charge in [-0.2, -0.15) is 0 Å². The fourth-order valence-corrected chi connectivity index (χ4v) is 4.03. The van der Waals surface area contributed by atoms with Crippen LogP contribution < -0.4 is 10.1 Å². The van der Waals surface area contributed by atoms with E-state index in [2.05, 4.69) is 15.3 Å². The van der Waals surface area contributed by atoms with E-state index in [1.807, 2.05) is 11.5 Å². The third-order valence-corrected chi connectivity index (χ3v) is 5.81. The van der Waals surface area contributed by atoms with Crippen molar-refractivity contribution < 1.29 is 28.9 Å². The number of hydrogen-bond acceptors (Lipinski definition) is 7. The molecule has 2 aromatic heterocycles. The molecule has 3 N–H and O–H groups in total. The number of carbonyl (C=O) groups excluding carboxylic acids is 1. The Morgan fingerprint density at radius 2 is 2.00 bits per heavy atom. The summed E-state index contributed by atoms with van der Waals surface area (Å²) in [5, 5.41) is 22.9. The first kappa shape index (κ1) is 21.7. The fourth-order valence-electron chi connectivity index (χ4n) is 4.03. The summed E-state index contributed by atoms with van der Waals surface area (Å²) in [5.41, 5.74) is 1.37. The fraction of sp³-hybridized carbons (Fsp3) is 0.208. The van der Waals surface area contributed by atoms with Crippen LogP contribution >= 0.6 is 0 Å². The lowest BCUT2D eigenvalue weighted by atomic mass is 9.98. The molecule has 0 bridgehead atoms. The van der Waals surface area contributed by atoms with Crippen LogP contribution in [0.4, 0.5) is 10.1 Å². The number of anilines is 1. The molecular formula is C24H21FN4O5. The molecule has 1 fully saturated rings. The van der Waals surface area contributed by atoms with E-state index >= 15 is 4.39 Å². The van der Waals surface area contributed by atoms with Crippen LogP contribution in [-0.2, 0) is 10.3 Å². The topological polar surface area (TPSA) is 119 Å². The Labute approximate surface area is 193 Å². The number of imidazole rings is 1. The Morgan fingerprint density at radius 1 is 1.21 bits per heavy atom. The number of aromatic nitrogens is 3. The number of fused-ring (bicyclic) bond motifs is 1. The SMILES string of the molecule is COc1cc(-c2nc3cc(NC(=O)c4ccccn4)ccc3n2C2(C)COC2)c(F)c(O)c1O. The van der Waals surface area contributed by atoms with Crippen LogP contribution in [0, 0.1) is 5.82 Å². The van der Waals surface area contributed by atoms with Crippen LogP contribution in [0.25, 0.3) is 22.4 Å². The largest absolute Gasteiger partial charge is 0.502 e. The summed E-state index contributed by atoms with van der Waals surface area (Å²) >= 11 is 0. The smallest absolute Gasteiger partial charge is 0.274 e. The number of phenolic OH excluding ortho intramolecular Hbond substituents is 2. The van der Waals surface area contributed by atoms with E-state index in [1.165, 1.54) is 19.4 Å². The molecule has 34 heavy (non-hydrogen) atoms. The number of hydrogen-bond donors (Lipinski definition) is 3.